The highest BCUT2D eigenvalue weighted by Crippen LogP contribution is 2.20. The number of nitrogens with one attached hydrogen (secondary N) is 1. The third kappa shape index (κ3) is 4.49. The quantitative estimate of drug-likeness (QED) is 0.688. The topological polar surface area (TPSA) is 67.2 Å². The number of carbonyl (C=O) groups excluding carboxylic acids is 1. The number of urea groups is 1. The van der Waals surface area contributed by atoms with E-state index in [1.807, 2.05) is 60.4 Å². The Morgan fingerprint density at radius 2 is 1.83 bits per heavy atom. The molecule has 1 N–H and O–H groups in total. The largest absolute Gasteiger partial charge is 0.334 e. The number of amides is 2. The molecule has 1 saturated heterocycles. The molecule has 4 rings (SSSR count). The highest BCUT2D eigenvalue weighted by molar-refractivity contribution is 6.30. The predicted octanol–water partition coefficient (Wildman–Crippen LogP) is 3.98. The van der Waals surface area contributed by atoms with Gasteiger partial charge in [-0.25, -0.2) is 9.78 Å². The van der Waals surface area contributed by atoms with E-state index in [1.54, 1.807) is 4.57 Å². The summed E-state index contributed by atoms with van der Waals surface area (Å²) in [5.74, 6) is 1.09. The molecule has 1 fully saturated rings. The Kier molecular flexibility index (Phi) is 6.04. The minimum atomic E-state index is -0.0517. The van der Waals surface area contributed by atoms with Crippen LogP contribution in [0.4, 0.5) is 4.79 Å². The second kappa shape index (κ2) is 8.88. The van der Waals surface area contributed by atoms with Gasteiger partial charge in [0.05, 0.1) is 10.9 Å². The van der Waals surface area contributed by atoms with Crippen LogP contribution in [-0.4, -0.2) is 33.6 Å². The third-order valence-corrected chi connectivity index (χ3v) is 6.00. The Morgan fingerprint density at radius 1 is 1.13 bits per heavy atom. The number of piperidine rings is 1. The summed E-state index contributed by atoms with van der Waals surface area (Å²) in [5, 5.41) is 4.31. The molecule has 7 heteroatoms. The molecule has 0 aliphatic carbocycles. The van der Waals surface area contributed by atoms with E-state index in [-0.39, 0.29) is 11.6 Å². The molecule has 0 bridgehead atoms. The Balaban J connectivity index is 1.33. The molecule has 0 radical (unpaired) electrons. The summed E-state index contributed by atoms with van der Waals surface area (Å²) in [6, 6.07) is 14.9. The van der Waals surface area contributed by atoms with Crippen molar-refractivity contribution < 1.29 is 4.79 Å². The zero-order valence-electron chi connectivity index (χ0n) is 17.0. The molecule has 3 aromatic rings. The van der Waals surface area contributed by atoms with Gasteiger partial charge in [-0.05, 0) is 55.5 Å². The Labute approximate surface area is 180 Å². The number of hydrogen-bond donors (Lipinski definition) is 1. The number of hydrogen-bond acceptors (Lipinski definition) is 3. The van der Waals surface area contributed by atoms with Crippen molar-refractivity contribution in [1.82, 2.24) is 19.8 Å². The van der Waals surface area contributed by atoms with Gasteiger partial charge in [0.1, 0.15) is 5.82 Å². The third-order valence-electron chi connectivity index (χ3n) is 5.75. The summed E-state index contributed by atoms with van der Waals surface area (Å²) >= 11 is 5.90. The second-order valence-corrected chi connectivity index (χ2v) is 8.24. The minimum Gasteiger partial charge on any atom is -0.334 e. The molecule has 156 valence electrons. The van der Waals surface area contributed by atoms with E-state index in [2.05, 4.69) is 10.3 Å². The van der Waals surface area contributed by atoms with Crippen LogP contribution >= 0.6 is 11.6 Å². The van der Waals surface area contributed by atoms with Crippen molar-refractivity contribution in [2.75, 3.05) is 13.1 Å². The lowest BCUT2D eigenvalue weighted by atomic mass is 9.96. The number of aryl methyl sites for hydroxylation is 1. The maximum Gasteiger partial charge on any atom is 0.317 e. The van der Waals surface area contributed by atoms with Gasteiger partial charge in [-0.2, -0.15) is 0 Å². The lowest BCUT2D eigenvalue weighted by Crippen LogP contribution is -2.45. The van der Waals surface area contributed by atoms with Gasteiger partial charge < -0.3 is 10.2 Å². The first-order chi connectivity index (χ1) is 14.5. The smallest absolute Gasteiger partial charge is 0.317 e. The molecule has 0 atom stereocenters. The summed E-state index contributed by atoms with van der Waals surface area (Å²) in [4.78, 5) is 31.8. The number of fused-ring (bicyclic) bond motifs is 1. The van der Waals surface area contributed by atoms with Crippen molar-refractivity contribution in [2.45, 2.75) is 32.9 Å². The molecule has 1 aliphatic heterocycles. The monoisotopic (exact) mass is 424 g/mol. The Hall–Kier alpha value is -2.86. The van der Waals surface area contributed by atoms with E-state index < -0.39 is 0 Å². The van der Waals surface area contributed by atoms with Gasteiger partial charge in [0.25, 0.3) is 5.56 Å². The van der Waals surface area contributed by atoms with E-state index in [1.165, 1.54) is 0 Å². The van der Waals surface area contributed by atoms with Gasteiger partial charge in [-0.1, -0.05) is 35.9 Å². The summed E-state index contributed by atoms with van der Waals surface area (Å²) < 4.78 is 1.78. The molecule has 0 saturated carbocycles. The van der Waals surface area contributed by atoms with Gasteiger partial charge in [-0.3, -0.25) is 9.36 Å². The highest BCUT2D eigenvalue weighted by atomic mass is 35.5. The van der Waals surface area contributed by atoms with Crippen LogP contribution in [0.1, 0.15) is 24.2 Å². The van der Waals surface area contributed by atoms with Crippen molar-refractivity contribution >= 4 is 28.5 Å². The van der Waals surface area contributed by atoms with E-state index >= 15 is 0 Å². The summed E-state index contributed by atoms with van der Waals surface area (Å²) in [6.45, 7) is 4.38. The zero-order chi connectivity index (χ0) is 21.1. The van der Waals surface area contributed by atoms with Crippen LogP contribution in [0.25, 0.3) is 10.9 Å². The number of nitrogens with zero attached hydrogens (tertiary/aromatic N) is 3. The van der Waals surface area contributed by atoms with Crippen molar-refractivity contribution in [3.05, 3.63) is 75.3 Å². The number of para-hydroxylation sites is 1. The van der Waals surface area contributed by atoms with Gasteiger partial charge in [0.15, 0.2) is 0 Å². The van der Waals surface area contributed by atoms with E-state index in [9.17, 15) is 9.59 Å². The van der Waals surface area contributed by atoms with Crippen LogP contribution in [0.2, 0.25) is 5.02 Å². The average molecular weight is 425 g/mol. The molecule has 2 aromatic carbocycles. The first-order valence-electron chi connectivity index (χ1n) is 10.2. The van der Waals surface area contributed by atoms with E-state index in [0.717, 1.165) is 29.7 Å². The predicted molar refractivity (Wildman–Crippen MR) is 119 cm³/mol. The fourth-order valence-corrected chi connectivity index (χ4v) is 4.09. The number of rotatable bonds is 4. The summed E-state index contributed by atoms with van der Waals surface area (Å²) in [6.07, 6.45) is 1.74. The molecule has 30 heavy (non-hydrogen) atoms. The number of halogens is 1. The second-order valence-electron chi connectivity index (χ2n) is 7.81. The molecule has 2 heterocycles. The van der Waals surface area contributed by atoms with Crippen LogP contribution in [0.15, 0.2) is 53.3 Å². The van der Waals surface area contributed by atoms with E-state index in [4.69, 9.17) is 11.6 Å². The molecular formula is C23H25ClN4O2. The molecule has 1 aromatic heterocycles. The molecular weight excluding hydrogens is 400 g/mol. The lowest BCUT2D eigenvalue weighted by molar-refractivity contribution is 0.164. The fraction of sp³-hybridized carbons (Fsp3) is 0.348. The Bertz CT molecular complexity index is 1100. The van der Waals surface area contributed by atoms with Gasteiger partial charge in [-0.15, -0.1) is 0 Å². The van der Waals surface area contributed by atoms with Gasteiger partial charge in [0.2, 0.25) is 0 Å². The van der Waals surface area contributed by atoms with Crippen molar-refractivity contribution in [3.8, 4) is 0 Å². The van der Waals surface area contributed by atoms with Crippen molar-refractivity contribution in [2.24, 2.45) is 5.92 Å². The molecule has 1 aliphatic rings. The maximum absolute atomic E-state index is 12.9. The Morgan fingerprint density at radius 3 is 2.57 bits per heavy atom. The number of aromatic nitrogens is 2. The molecule has 0 spiro atoms. The fourth-order valence-electron chi connectivity index (χ4n) is 3.96. The lowest BCUT2D eigenvalue weighted by Gasteiger charge is -2.32. The first kappa shape index (κ1) is 20.4. The van der Waals surface area contributed by atoms with Crippen LogP contribution in [0.3, 0.4) is 0 Å². The standard InChI is InChI=1S/C23H25ClN4O2/c1-16-26-21-5-3-2-4-20(21)22(29)28(16)15-18-10-12-27(13-11-18)23(30)25-14-17-6-8-19(24)9-7-17/h2-9,18H,10-15H2,1H3,(H,25,30). The summed E-state index contributed by atoms with van der Waals surface area (Å²) in [7, 11) is 0. The van der Waals surface area contributed by atoms with Gasteiger partial charge in [0, 0.05) is 31.2 Å². The zero-order valence-corrected chi connectivity index (χ0v) is 17.7. The average Bonchev–Trinajstić information content (AvgIpc) is 2.76. The van der Waals surface area contributed by atoms with Crippen LogP contribution in [0.5, 0.6) is 0 Å². The van der Waals surface area contributed by atoms with Gasteiger partial charge >= 0.3 is 6.03 Å². The molecule has 0 unspecified atom stereocenters. The van der Waals surface area contributed by atoms with Crippen molar-refractivity contribution in [1.29, 1.82) is 0 Å². The number of carbonyl (C=O) groups is 1. The first-order valence-corrected chi connectivity index (χ1v) is 10.6. The SMILES string of the molecule is Cc1nc2ccccc2c(=O)n1CC1CCN(C(=O)NCc2ccc(Cl)cc2)CC1. The summed E-state index contributed by atoms with van der Waals surface area (Å²) in [5.41, 5.74) is 1.77. The number of benzene rings is 2. The molecule has 6 nitrogen and oxygen atoms in total. The molecule has 2 amide bonds. The van der Waals surface area contributed by atoms with E-state index in [0.29, 0.717) is 42.5 Å². The number of likely N-dealkylation sites (tertiary alicyclic amines) is 1. The van der Waals surface area contributed by atoms with Crippen LogP contribution in [0, 0.1) is 12.8 Å². The van der Waals surface area contributed by atoms with Crippen LogP contribution in [-0.2, 0) is 13.1 Å². The van der Waals surface area contributed by atoms with Crippen LogP contribution < -0.4 is 10.9 Å². The highest BCUT2D eigenvalue weighted by Gasteiger charge is 2.24. The van der Waals surface area contributed by atoms with Crippen molar-refractivity contribution in [3.63, 3.8) is 0 Å². The minimum absolute atomic E-state index is 0.0150. The maximum atomic E-state index is 12.9. The normalized spacial score (nSPS) is 14.8.